The SMILES string of the molecule is O=C(Nc1ccc(OCCCCOc2ccc(NC(=O)c3ccc4nnnn4n3)c(C(=O)O)c2)cc1C(=O)O)C1=NN2NNN=C2C=C1. The van der Waals surface area contributed by atoms with E-state index in [9.17, 15) is 29.4 Å². The van der Waals surface area contributed by atoms with Gasteiger partial charge >= 0.3 is 11.9 Å². The van der Waals surface area contributed by atoms with E-state index in [2.05, 4.69) is 52.5 Å². The second kappa shape index (κ2) is 13.6. The van der Waals surface area contributed by atoms with Gasteiger partial charge in [0.05, 0.1) is 35.7 Å². The number of fused-ring (bicyclic) bond motifs is 2. The molecule has 244 valence electrons. The number of carbonyl (C=O) groups excluding carboxylic acids is 2. The summed E-state index contributed by atoms with van der Waals surface area (Å²) >= 11 is 0. The molecule has 4 heterocycles. The molecule has 0 saturated carbocycles. The molecule has 48 heavy (non-hydrogen) atoms. The number of hydrazone groups is 2. The van der Waals surface area contributed by atoms with Gasteiger partial charge < -0.3 is 30.3 Å². The highest BCUT2D eigenvalue weighted by Crippen LogP contribution is 2.25. The number of amides is 2. The van der Waals surface area contributed by atoms with Crippen molar-refractivity contribution in [1.82, 2.24) is 41.4 Å². The molecule has 0 radical (unpaired) electrons. The Balaban J connectivity index is 0.977. The van der Waals surface area contributed by atoms with E-state index in [4.69, 9.17) is 9.47 Å². The van der Waals surface area contributed by atoms with Crippen LogP contribution in [-0.4, -0.2) is 89.1 Å². The van der Waals surface area contributed by atoms with E-state index >= 15 is 0 Å². The maximum absolute atomic E-state index is 12.7. The molecular weight excluding hydrogens is 632 g/mol. The summed E-state index contributed by atoms with van der Waals surface area (Å²) in [6, 6.07) is 11.4. The number of rotatable bonds is 13. The van der Waals surface area contributed by atoms with Gasteiger partial charge in [-0.15, -0.1) is 30.6 Å². The molecule has 0 bridgehead atoms. The van der Waals surface area contributed by atoms with E-state index in [-0.39, 0.29) is 58.6 Å². The number of anilines is 2. The summed E-state index contributed by atoms with van der Waals surface area (Å²) < 4.78 is 12.5. The summed E-state index contributed by atoms with van der Waals surface area (Å²) in [6.07, 6.45) is 4.05. The van der Waals surface area contributed by atoms with Crippen molar-refractivity contribution in [2.75, 3.05) is 23.8 Å². The van der Waals surface area contributed by atoms with Crippen LogP contribution in [0, 0.1) is 0 Å². The van der Waals surface area contributed by atoms with Crippen LogP contribution in [0.1, 0.15) is 44.0 Å². The molecule has 2 amide bonds. The number of hydrogen-bond acceptors (Lipinski definition) is 15. The smallest absolute Gasteiger partial charge is 0.337 e. The topological polar surface area (TPSA) is 259 Å². The zero-order valence-corrected chi connectivity index (χ0v) is 24.5. The van der Waals surface area contributed by atoms with Crippen LogP contribution in [0.3, 0.4) is 0 Å². The van der Waals surface area contributed by atoms with Gasteiger partial charge in [0.2, 0.25) is 0 Å². The van der Waals surface area contributed by atoms with E-state index in [0.717, 1.165) is 4.63 Å². The lowest BCUT2D eigenvalue weighted by atomic mass is 10.1. The van der Waals surface area contributed by atoms with E-state index in [1.54, 1.807) is 6.08 Å². The zero-order valence-electron chi connectivity index (χ0n) is 24.5. The number of aromatic nitrogens is 5. The second-order valence-electron chi connectivity index (χ2n) is 9.91. The van der Waals surface area contributed by atoms with Crippen molar-refractivity contribution in [3.05, 3.63) is 77.5 Å². The fourth-order valence-corrected chi connectivity index (χ4v) is 4.36. The molecular formula is C28H24N12O8. The summed E-state index contributed by atoms with van der Waals surface area (Å²) in [5.41, 5.74) is 5.20. The lowest BCUT2D eigenvalue weighted by Crippen LogP contribution is -2.40. The molecule has 0 atom stereocenters. The molecule has 2 aromatic heterocycles. The molecule has 4 aromatic rings. The maximum atomic E-state index is 12.7. The maximum Gasteiger partial charge on any atom is 0.337 e. The van der Waals surface area contributed by atoms with Crippen molar-refractivity contribution in [2.45, 2.75) is 12.8 Å². The first-order valence-corrected chi connectivity index (χ1v) is 14.1. The summed E-state index contributed by atoms with van der Waals surface area (Å²) in [6.45, 7) is 0.455. The highest BCUT2D eigenvalue weighted by Gasteiger charge is 2.23. The molecule has 20 nitrogen and oxygen atoms in total. The van der Waals surface area contributed by atoms with Crippen molar-refractivity contribution in [3.63, 3.8) is 0 Å². The zero-order chi connectivity index (χ0) is 33.6. The molecule has 2 aliphatic heterocycles. The second-order valence-corrected chi connectivity index (χ2v) is 9.91. The summed E-state index contributed by atoms with van der Waals surface area (Å²) in [5, 5.41) is 48.5. The van der Waals surface area contributed by atoms with E-state index in [1.807, 2.05) is 0 Å². The van der Waals surface area contributed by atoms with Gasteiger partial charge in [-0.2, -0.15) is 5.12 Å². The Morgan fingerprint density at radius 2 is 1.46 bits per heavy atom. The first kappa shape index (κ1) is 31.0. The average Bonchev–Trinajstić information content (AvgIpc) is 3.76. The fourth-order valence-electron chi connectivity index (χ4n) is 4.36. The predicted molar refractivity (Wildman–Crippen MR) is 164 cm³/mol. The number of tetrazole rings is 1. The van der Waals surface area contributed by atoms with Crippen molar-refractivity contribution in [2.24, 2.45) is 10.2 Å². The molecule has 0 saturated heterocycles. The van der Waals surface area contributed by atoms with Crippen LogP contribution in [-0.2, 0) is 4.79 Å². The third kappa shape index (κ3) is 6.97. The standard InChI is InChI=1S/C28H24N12O8/c41-25(21-7-9-23-31-35-37-39(23)33-21)29-19-5-3-15(13-17(19)27(43)44)47-11-1-2-12-48-16-4-6-20(18(14-16)28(45)46)30-26(42)22-8-10-24-32-36-38-40(24)34-22/h3-10,13-14,35,37H,1-2,11-12H2,(H,29,41)(H,30,42)(H,43,44)(H,45,46). The van der Waals surface area contributed by atoms with E-state index in [1.165, 1.54) is 59.7 Å². The number of hydrazine groups is 2. The number of nitrogens with zero attached hydrogens (tertiary/aromatic N) is 8. The molecule has 20 heteroatoms. The lowest BCUT2D eigenvalue weighted by molar-refractivity contribution is -0.110. The van der Waals surface area contributed by atoms with Gasteiger partial charge in [-0.25, -0.2) is 15.1 Å². The minimum absolute atomic E-state index is 0.0221. The summed E-state index contributed by atoms with van der Waals surface area (Å²) in [7, 11) is 0. The number of carboxylic acid groups (broad SMARTS) is 2. The van der Waals surface area contributed by atoms with Gasteiger partial charge in [-0.1, -0.05) is 0 Å². The van der Waals surface area contributed by atoms with Gasteiger partial charge in [0.25, 0.3) is 11.8 Å². The van der Waals surface area contributed by atoms with Gasteiger partial charge in [0.1, 0.15) is 11.5 Å². The van der Waals surface area contributed by atoms with Crippen molar-refractivity contribution in [3.8, 4) is 11.5 Å². The number of carbonyl (C=O) groups is 4. The Morgan fingerprint density at radius 3 is 2.10 bits per heavy atom. The monoisotopic (exact) mass is 656 g/mol. The van der Waals surface area contributed by atoms with E-state index < -0.39 is 23.8 Å². The third-order valence-electron chi connectivity index (χ3n) is 6.69. The van der Waals surface area contributed by atoms with Crippen molar-refractivity contribution in [1.29, 1.82) is 0 Å². The van der Waals surface area contributed by atoms with Crippen LogP contribution in [0.5, 0.6) is 11.5 Å². The molecule has 0 fully saturated rings. The number of carboxylic acids is 2. The van der Waals surface area contributed by atoms with Gasteiger partial charge in [0, 0.05) is 0 Å². The Bertz CT molecular complexity index is 2020. The van der Waals surface area contributed by atoms with Crippen molar-refractivity contribution >= 4 is 52.3 Å². The van der Waals surface area contributed by atoms with Crippen LogP contribution in [0.15, 0.2) is 70.9 Å². The summed E-state index contributed by atoms with van der Waals surface area (Å²) in [4.78, 5) is 49.1. The largest absolute Gasteiger partial charge is 0.494 e. The fraction of sp³-hybridized carbons (Fsp3) is 0.143. The normalized spacial score (nSPS) is 13.2. The first-order chi connectivity index (χ1) is 23.2. The minimum Gasteiger partial charge on any atom is -0.494 e. The number of amidine groups is 1. The third-order valence-corrected chi connectivity index (χ3v) is 6.69. The minimum atomic E-state index is -1.27. The highest BCUT2D eigenvalue weighted by molar-refractivity contribution is 6.48. The Morgan fingerprint density at radius 1 is 0.812 bits per heavy atom. The predicted octanol–water partition coefficient (Wildman–Crippen LogP) is 0.909. The number of benzene rings is 2. The highest BCUT2D eigenvalue weighted by atomic mass is 16.5. The van der Waals surface area contributed by atoms with Crippen LogP contribution in [0.4, 0.5) is 11.4 Å². The van der Waals surface area contributed by atoms with Crippen LogP contribution in [0.2, 0.25) is 0 Å². The van der Waals surface area contributed by atoms with Crippen LogP contribution in [0.25, 0.3) is 5.65 Å². The number of ether oxygens (including phenoxy) is 2. The Kier molecular flexibility index (Phi) is 8.78. The van der Waals surface area contributed by atoms with E-state index in [0.29, 0.717) is 24.3 Å². The van der Waals surface area contributed by atoms with Crippen LogP contribution < -0.4 is 31.2 Å². The Hall–Kier alpha value is -6.96. The van der Waals surface area contributed by atoms with Gasteiger partial charge in [-0.05, 0) is 84.0 Å². The van der Waals surface area contributed by atoms with Gasteiger partial charge in [0.15, 0.2) is 22.9 Å². The lowest BCUT2D eigenvalue weighted by Gasteiger charge is -2.16. The number of nitrogens with one attached hydrogen (secondary N) is 4. The summed E-state index contributed by atoms with van der Waals surface area (Å²) in [5.74, 6) is -2.81. The number of hydrogen-bond donors (Lipinski definition) is 6. The molecule has 6 N–H and O–H groups in total. The molecule has 2 aromatic carbocycles. The van der Waals surface area contributed by atoms with Crippen molar-refractivity contribution < 1.29 is 38.9 Å². The number of aromatic carboxylic acids is 2. The van der Waals surface area contributed by atoms with Crippen LogP contribution >= 0.6 is 0 Å². The quantitative estimate of drug-likeness (QED) is 0.109. The molecule has 0 spiro atoms. The Labute approximate surface area is 268 Å². The first-order valence-electron chi connectivity index (χ1n) is 14.1. The van der Waals surface area contributed by atoms with Gasteiger partial charge in [-0.3, -0.25) is 9.59 Å². The molecule has 0 unspecified atom stereocenters. The molecule has 2 aliphatic rings. The average molecular weight is 657 g/mol. The molecule has 6 rings (SSSR count). The number of unbranched alkanes of at least 4 members (excludes halogenated alkanes) is 1. The molecule has 0 aliphatic carbocycles.